The molecule has 9 nitrogen and oxygen atoms in total. The Labute approximate surface area is 344 Å². The number of ether oxygens (including phenoxy) is 2. The van der Waals surface area contributed by atoms with Crippen LogP contribution in [0.5, 0.6) is 0 Å². The van der Waals surface area contributed by atoms with Gasteiger partial charge in [0.15, 0.2) is 0 Å². The van der Waals surface area contributed by atoms with Gasteiger partial charge in [0, 0.05) is 13.0 Å². The molecule has 0 radical (unpaired) electrons. The molecule has 0 saturated carbocycles. The molecule has 0 heterocycles. The van der Waals surface area contributed by atoms with E-state index < -0.39 is 33.2 Å². The van der Waals surface area contributed by atoms with Gasteiger partial charge in [-0.05, 0) is 44.9 Å². The van der Waals surface area contributed by atoms with E-state index in [0.29, 0.717) is 6.61 Å². The van der Waals surface area contributed by atoms with Gasteiger partial charge in [0.2, 0.25) is 0 Å². The van der Waals surface area contributed by atoms with Gasteiger partial charge < -0.3 is 24.6 Å². The summed E-state index contributed by atoms with van der Waals surface area (Å²) in [4.78, 5) is 22.6. The molecule has 10 heteroatoms. The van der Waals surface area contributed by atoms with Crippen LogP contribution in [0.3, 0.4) is 0 Å². The molecule has 0 fully saturated rings. The van der Waals surface area contributed by atoms with Crippen LogP contribution in [0.25, 0.3) is 0 Å². The Bertz CT molecular complexity index is 928. The normalized spacial score (nSPS) is 14.2. The topological polar surface area (TPSA) is 132 Å². The predicted octanol–water partition coefficient (Wildman–Crippen LogP) is 13.0. The zero-order valence-electron chi connectivity index (χ0n) is 36.4. The van der Waals surface area contributed by atoms with Crippen molar-refractivity contribution in [3.63, 3.8) is 0 Å². The Morgan fingerprint density at radius 2 is 0.964 bits per heavy atom. The summed E-state index contributed by atoms with van der Waals surface area (Å²) in [7, 11) is -4.52. The molecular formula is C46H89O9P. The van der Waals surface area contributed by atoms with E-state index in [1.807, 2.05) is 0 Å². The third-order valence-electron chi connectivity index (χ3n) is 10.1. The van der Waals surface area contributed by atoms with E-state index in [2.05, 4.69) is 38.2 Å². The third kappa shape index (κ3) is 42.5. The van der Waals surface area contributed by atoms with E-state index >= 15 is 0 Å². The monoisotopic (exact) mass is 817 g/mol. The van der Waals surface area contributed by atoms with E-state index in [4.69, 9.17) is 23.6 Å². The Balaban J connectivity index is 4.11. The highest BCUT2D eigenvalue weighted by Gasteiger charge is 2.26. The van der Waals surface area contributed by atoms with Gasteiger partial charge in [-0.3, -0.25) is 13.8 Å². The lowest BCUT2D eigenvalue weighted by molar-refractivity contribution is -0.154. The highest BCUT2D eigenvalue weighted by Crippen LogP contribution is 2.43. The number of esters is 1. The first-order valence-electron chi connectivity index (χ1n) is 23.3. The fourth-order valence-electron chi connectivity index (χ4n) is 6.56. The number of rotatable bonds is 45. The van der Waals surface area contributed by atoms with Gasteiger partial charge in [0.25, 0.3) is 0 Å². The second-order valence-electron chi connectivity index (χ2n) is 15.8. The number of aliphatic hydroxyl groups excluding tert-OH is 2. The molecule has 0 aliphatic heterocycles. The number of allylic oxidation sites excluding steroid dienone is 4. The van der Waals surface area contributed by atoms with Gasteiger partial charge in [0.05, 0.1) is 26.4 Å². The minimum absolute atomic E-state index is 0.0505. The second-order valence-corrected chi connectivity index (χ2v) is 17.2. The molecule has 0 aromatic rings. The summed E-state index contributed by atoms with van der Waals surface area (Å²) in [5.74, 6) is -0.387. The number of unbranched alkanes of at least 4 members (excludes halogenated alkanes) is 27. The van der Waals surface area contributed by atoms with Crippen molar-refractivity contribution >= 4 is 13.8 Å². The van der Waals surface area contributed by atoms with Crippen molar-refractivity contribution in [3.05, 3.63) is 24.3 Å². The quantitative estimate of drug-likeness (QED) is 0.0238. The maximum absolute atomic E-state index is 12.6. The third-order valence-corrected chi connectivity index (χ3v) is 11.1. The Morgan fingerprint density at radius 1 is 0.554 bits per heavy atom. The van der Waals surface area contributed by atoms with Gasteiger partial charge >= 0.3 is 13.8 Å². The molecule has 0 aliphatic rings. The van der Waals surface area contributed by atoms with Crippen LogP contribution in [-0.4, -0.2) is 66.3 Å². The number of phosphoric ester groups is 1. The molecule has 0 aromatic heterocycles. The summed E-state index contributed by atoms with van der Waals surface area (Å²) >= 11 is 0. The highest BCUT2D eigenvalue weighted by molar-refractivity contribution is 7.47. The van der Waals surface area contributed by atoms with Crippen molar-refractivity contribution < 1.29 is 43.0 Å². The molecule has 0 bridgehead atoms. The standard InChI is InChI=1S/C46H89O9P/c1-3-5-7-9-11-13-15-17-19-21-23-25-27-29-31-33-35-37-39-52-42-45(43-54-56(50,51)53-41-44(48)40-47)55-46(49)38-36-34-32-30-28-26-24-22-20-18-16-14-12-10-8-6-4-2/h12,14,18,20,44-45,47-48H,3-11,13,15-17,19,21-43H2,1-2H3,(H,50,51)/b14-12-,20-18-/t44-,45+/m0/s1. The van der Waals surface area contributed by atoms with E-state index in [0.717, 1.165) is 51.4 Å². The summed E-state index contributed by atoms with van der Waals surface area (Å²) in [5, 5.41) is 18.4. The van der Waals surface area contributed by atoms with Crippen molar-refractivity contribution in [1.29, 1.82) is 0 Å². The molecule has 0 saturated heterocycles. The lowest BCUT2D eigenvalue weighted by Gasteiger charge is -2.20. The molecule has 1 unspecified atom stereocenters. The molecule has 0 amide bonds. The average Bonchev–Trinajstić information content (AvgIpc) is 3.19. The molecule has 3 N–H and O–H groups in total. The number of hydrogen-bond acceptors (Lipinski definition) is 8. The van der Waals surface area contributed by atoms with E-state index in [1.54, 1.807) is 0 Å². The lowest BCUT2D eigenvalue weighted by Crippen LogP contribution is -2.29. The summed E-state index contributed by atoms with van der Waals surface area (Å²) in [5.41, 5.74) is 0. The smallest absolute Gasteiger partial charge is 0.457 e. The van der Waals surface area contributed by atoms with Gasteiger partial charge in [0.1, 0.15) is 12.2 Å². The van der Waals surface area contributed by atoms with Crippen molar-refractivity contribution in [2.75, 3.05) is 33.0 Å². The largest absolute Gasteiger partial charge is 0.472 e. The summed E-state index contributed by atoms with van der Waals surface area (Å²) in [6.07, 6.45) is 45.6. The highest BCUT2D eigenvalue weighted by atomic mass is 31.2. The van der Waals surface area contributed by atoms with Crippen LogP contribution >= 0.6 is 7.82 Å². The minimum atomic E-state index is -4.52. The first-order valence-corrected chi connectivity index (χ1v) is 24.8. The van der Waals surface area contributed by atoms with Crippen LogP contribution < -0.4 is 0 Å². The molecule has 0 spiro atoms. The Hall–Kier alpha value is -1.06. The fraction of sp³-hybridized carbons (Fsp3) is 0.891. The zero-order chi connectivity index (χ0) is 41.1. The van der Waals surface area contributed by atoms with Crippen LogP contribution in [-0.2, 0) is 27.9 Å². The number of hydrogen-bond donors (Lipinski definition) is 3. The summed E-state index contributed by atoms with van der Waals surface area (Å²) < 4.78 is 33.4. The number of aliphatic hydroxyl groups is 2. The molecule has 332 valence electrons. The van der Waals surface area contributed by atoms with E-state index in [-0.39, 0.29) is 25.6 Å². The predicted molar refractivity (Wildman–Crippen MR) is 233 cm³/mol. The molecule has 3 atom stereocenters. The lowest BCUT2D eigenvalue weighted by atomic mass is 10.0. The van der Waals surface area contributed by atoms with Crippen molar-refractivity contribution in [2.24, 2.45) is 0 Å². The van der Waals surface area contributed by atoms with Crippen LogP contribution in [0.15, 0.2) is 24.3 Å². The molecular weight excluding hydrogens is 727 g/mol. The van der Waals surface area contributed by atoms with Crippen molar-refractivity contribution in [1.82, 2.24) is 0 Å². The van der Waals surface area contributed by atoms with Crippen LogP contribution in [0.1, 0.15) is 219 Å². The molecule has 0 aliphatic carbocycles. The van der Waals surface area contributed by atoms with Crippen molar-refractivity contribution in [2.45, 2.75) is 232 Å². The van der Waals surface area contributed by atoms with Gasteiger partial charge in [-0.25, -0.2) is 4.57 Å². The number of carbonyl (C=O) groups excluding carboxylic acids is 1. The Morgan fingerprint density at radius 3 is 1.46 bits per heavy atom. The van der Waals surface area contributed by atoms with E-state index in [1.165, 1.54) is 148 Å². The average molecular weight is 817 g/mol. The minimum Gasteiger partial charge on any atom is -0.457 e. The number of phosphoric acid groups is 1. The van der Waals surface area contributed by atoms with E-state index in [9.17, 15) is 19.4 Å². The fourth-order valence-corrected chi connectivity index (χ4v) is 7.35. The SMILES string of the molecule is CCCCC/C=C\C/C=C\CCCCCCCCCC(=O)O[C@H](COCCCCCCCCCCCCCCCCCCCC)COP(=O)(O)OC[C@@H](O)CO. The summed E-state index contributed by atoms with van der Waals surface area (Å²) in [6, 6.07) is 0. The maximum Gasteiger partial charge on any atom is 0.472 e. The van der Waals surface area contributed by atoms with Crippen LogP contribution in [0.4, 0.5) is 0 Å². The zero-order valence-corrected chi connectivity index (χ0v) is 37.3. The second kappa shape index (κ2) is 43.5. The van der Waals surface area contributed by atoms with Gasteiger partial charge in [-0.2, -0.15) is 0 Å². The first kappa shape index (κ1) is 54.9. The summed E-state index contributed by atoms with van der Waals surface area (Å²) in [6.45, 7) is 3.53. The van der Waals surface area contributed by atoms with Crippen LogP contribution in [0, 0.1) is 0 Å². The maximum atomic E-state index is 12.6. The molecule has 0 aromatic carbocycles. The van der Waals surface area contributed by atoms with Crippen molar-refractivity contribution in [3.8, 4) is 0 Å². The van der Waals surface area contributed by atoms with Gasteiger partial charge in [-0.15, -0.1) is 0 Å². The van der Waals surface area contributed by atoms with Gasteiger partial charge in [-0.1, -0.05) is 192 Å². The first-order chi connectivity index (χ1) is 27.3. The molecule has 0 rings (SSSR count). The number of carbonyl (C=O) groups is 1. The van der Waals surface area contributed by atoms with Crippen LogP contribution in [0.2, 0.25) is 0 Å². The Kier molecular flexibility index (Phi) is 42.7. The molecule has 56 heavy (non-hydrogen) atoms.